The fourth-order valence-corrected chi connectivity index (χ4v) is 4.98. The lowest BCUT2D eigenvalue weighted by Crippen LogP contribution is -2.25. The summed E-state index contributed by atoms with van der Waals surface area (Å²) in [6.45, 7) is 7.20. The molecule has 0 aliphatic rings. The molecule has 0 fully saturated rings. The van der Waals surface area contributed by atoms with Crippen LogP contribution in [0.4, 0.5) is 4.79 Å². The van der Waals surface area contributed by atoms with Crippen molar-refractivity contribution >= 4 is 18.0 Å². The standard InChI is InChI=1S/C19H37NO4.C18H37NO2/c1-3-4-5-6-7-8-9-10-14-17-24-18(21)15-12-11-13-16-20(2)19(22)23;1-3-4-5-6-7-8-9-10-14-17-21-18(20)15-12-11-13-16-19-2/h3-17H2,1-2H3,(H,22,23);19H,3-17H2,1-2H3. The van der Waals surface area contributed by atoms with Gasteiger partial charge in [-0.2, -0.15) is 0 Å². The summed E-state index contributed by atoms with van der Waals surface area (Å²) in [5, 5.41) is 11.8. The largest absolute Gasteiger partial charge is 0.466 e. The summed E-state index contributed by atoms with van der Waals surface area (Å²) >= 11 is 0. The molecule has 0 saturated carbocycles. The summed E-state index contributed by atoms with van der Waals surface area (Å²) in [6.07, 6.45) is 28.7. The molecule has 0 aromatic carbocycles. The highest BCUT2D eigenvalue weighted by atomic mass is 16.5. The van der Waals surface area contributed by atoms with Crippen molar-refractivity contribution in [2.24, 2.45) is 0 Å². The van der Waals surface area contributed by atoms with Crippen LogP contribution in [-0.2, 0) is 19.1 Å². The molecule has 0 heterocycles. The maximum atomic E-state index is 11.6. The summed E-state index contributed by atoms with van der Waals surface area (Å²) < 4.78 is 10.5. The zero-order chi connectivity index (χ0) is 33.6. The summed E-state index contributed by atoms with van der Waals surface area (Å²) in [6, 6.07) is 0. The second-order valence-electron chi connectivity index (χ2n) is 12.5. The van der Waals surface area contributed by atoms with Gasteiger partial charge in [-0.25, -0.2) is 4.79 Å². The van der Waals surface area contributed by atoms with Crippen LogP contribution in [0.1, 0.15) is 181 Å². The molecule has 45 heavy (non-hydrogen) atoms. The minimum absolute atomic E-state index is 0.0148. The zero-order valence-corrected chi connectivity index (χ0v) is 30.1. The lowest BCUT2D eigenvalue weighted by atomic mass is 10.1. The molecular formula is C37H74N2O6. The number of hydrogen-bond donors (Lipinski definition) is 2. The van der Waals surface area contributed by atoms with Crippen LogP contribution in [0.3, 0.4) is 0 Å². The smallest absolute Gasteiger partial charge is 0.407 e. The van der Waals surface area contributed by atoms with E-state index in [1.807, 2.05) is 7.05 Å². The minimum Gasteiger partial charge on any atom is -0.466 e. The van der Waals surface area contributed by atoms with Gasteiger partial charge in [0, 0.05) is 26.4 Å². The normalized spacial score (nSPS) is 10.7. The second-order valence-corrected chi connectivity index (χ2v) is 12.5. The van der Waals surface area contributed by atoms with Gasteiger partial charge in [0.1, 0.15) is 0 Å². The number of unbranched alkanes of at least 4 members (excludes halogenated alkanes) is 20. The van der Waals surface area contributed by atoms with Crippen molar-refractivity contribution < 1.29 is 29.0 Å². The zero-order valence-electron chi connectivity index (χ0n) is 30.1. The molecule has 8 nitrogen and oxygen atoms in total. The van der Waals surface area contributed by atoms with E-state index in [9.17, 15) is 14.4 Å². The first-order valence-corrected chi connectivity index (χ1v) is 18.8. The lowest BCUT2D eigenvalue weighted by Gasteiger charge is -2.11. The molecule has 1 amide bonds. The minimum atomic E-state index is -0.907. The first-order chi connectivity index (χ1) is 21.9. The van der Waals surface area contributed by atoms with Crippen molar-refractivity contribution in [3.8, 4) is 0 Å². The molecule has 0 aliphatic carbocycles. The van der Waals surface area contributed by atoms with Gasteiger partial charge in [0.2, 0.25) is 0 Å². The summed E-state index contributed by atoms with van der Waals surface area (Å²) in [7, 11) is 3.52. The van der Waals surface area contributed by atoms with Crippen LogP contribution in [0, 0.1) is 0 Å². The van der Waals surface area contributed by atoms with E-state index in [2.05, 4.69) is 19.2 Å². The molecule has 0 saturated heterocycles. The number of carbonyl (C=O) groups is 3. The van der Waals surface area contributed by atoms with Gasteiger partial charge in [-0.1, -0.05) is 129 Å². The van der Waals surface area contributed by atoms with Crippen molar-refractivity contribution in [2.45, 2.75) is 181 Å². The number of nitrogens with zero attached hydrogens (tertiary/aromatic N) is 1. The Hall–Kier alpha value is -1.83. The molecule has 0 rings (SSSR count). The number of carboxylic acid groups (broad SMARTS) is 1. The first-order valence-electron chi connectivity index (χ1n) is 18.8. The highest BCUT2D eigenvalue weighted by Gasteiger charge is 2.06. The summed E-state index contributed by atoms with van der Waals surface area (Å²) in [5.41, 5.74) is 0. The van der Waals surface area contributed by atoms with Gasteiger partial charge in [-0.05, 0) is 52.1 Å². The van der Waals surface area contributed by atoms with E-state index < -0.39 is 6.09 Å². The predicted octanol–water partition coefficient (Wildman–Crippen LogP) is 10.1. The molecule has 0 aromatic rings. The molecule has 0 radical (unpaired) electrons. The molecular weight excluding hydrogens is 568 g/mol. The van der Waals surface area contributed by atoms with Crippen molar-refractivity contribution in [2.75, 3.05) is 40.4 Å². The Morgan fingerprint density at radius 3 is 1.27 bits per heavy atom. The molecule has 268 valence electrons. The van der Waals surface area contributed by atoms with Gasteiger partial charge in [-0.15, -0.1) is 0 Å². The Morgan fingerprint density at radius 1 is 0.533 bits per heavy atom. The number of rotatable bonds is 32. The van der Waals surface area contributed by atoms with E-state index >= 15 is 0 Å². The quantitative estimate of drug-likeness (QED) is 0.0556. The third kappa shape index (κ3) is 40.1. The third-order valence-electron chi connectivity index (χ3n) is 8.03. The molecule has 0 unspecified atom stereocenters. The Bertz CT molecular complexity index is 646. The molecule has 0 aromatic heterocycles. The van der Waals surface area contributed by atoms with E-state index in [1.165, 1.54) is 101 Å². The van der Waals surface area contributed by atoms with Crippen molar-refractivity contribution in [3.63, 3.8) is 0 Å². The Labute approximate surface area is 278 Å². The Balaban J connectivity index is 0. The second kappa shape index (κ2) is 38.4. The van der Waals surface area contributed by atoms with E-state index in [1.54, 1.807) is 7.05 Å². The van der Waals surface area contributed by atoms with Crippen LogP contribution in [0.25, 0.3) is 0 Å². The third-order valence-corrected chi connectivity index (χ3v) is 8.03. The van der Waals surface area contributed by atoms with E-state index in [-0.39, 0.29) is 11.9 Å². The topological polar surface area (TPSA) is 105 Å². The van der Waals surface area contributed by atoms with Crippen LogP contribution in [0.5, 0.6) is 0 Å². The molecule has 0 aliphatic heterocycles. The van der Waals surface area contributed by atoms with E-state index in [0.717, 1.165) is 64.3 Å². The van der Waals surface area contributed by atoms with Crippen molar-refractivity contribution in [1.82, 2.24) is 10.2 Å². The maximum absolute atomic E-state index is 11.6. The van der Waals surface area contributed by atoms with Gasteiger partial charge in [0.15, 0.2) is 0 Å². The highest BCUT2D eigenvalue weighted by molar-refractivity contribution is 5.69. The van der Waals surface area contributed by atoms with Crippen LogP contribution < -0.4 is 5.32 Å². The van der Waals surface area contributed by atoms with Crippen LogP contribution in [-0.4, -0.2) is 68.4 Å². The fourth-order valence-electron chi connectivity index (χ4n) is 4.98. The number of esters is 2. The van der Waals surface area contributed by atoms with Crippen molar-refractivity contribution in [1.29, 1.82) is 0 Å². The van der Waals surface area contributed by atoms with E-state index in [0.29, 0.717) is 32.6 Å². The molecule has 8 heteroatoms. The monoisotopic (exact) mass is 643 g/mol. The number of nitrogens with one attached hydrogen (secondary N) is 1. The average Bonchev–Trinajstić information content (AvgIpc) is 3.02. The van der Waals surface area contributed by atoms with Gasteiger partial charge in [0.05, 0.1) is 13.2 Å². The molecule has 0 bridgehead atoms. The molecule has 0 atom stereocenters. The van der Waals surface area contributed by atoms with Crippen LogP contribution in [0.15, 0.2) is 0 Å². The van der Waals surface area contributed by atoms with E-state index in [4.69, 9.17) is 14.6 Å². The maximum Gasteiger partial charge on any atom is 0.407 e. The number of hydrogen-bond acceptors (Lipinski definition) is 6. The first kappa shape index (κ1) is 45.3. The average molecular weight is 643 g/mol. The fraction of sp³-hybridized carbons (Fsp3) is 0.919. The van der Waals surface area contributed by atoms with Gasteiger partial charge in [-0.3, -0.25) is 9.59 Å². The Morgan fingerprint density at radius 2 is 0.889 bits per heavy atom. The van der Waals surface area contributed by atoms with Crippen molar-refractivity contribution in [3.05, 3.63) is 0 Å². The Kier molecular flexibility index (Phi) is 38.6. The lowest BCUT2D eigenvalue weighted by molar-refractivity contribution is -0.144. The van der Waals surface area contributed by atoms with Crippen LogP contribution in [0.2, 0.25) is 0 Å². The summed E-state index contributed by atoms with van der Waals surface area (Å²) in [5.74, 6) is -0.139. The molecule has 2 N–H and O–H groups in total. The predicted molar refractivity (Wildman–Crippen MR) is 188 cm³/mol. The summed E-state index contributed by atoms with van der Waals surface area (Å²) in [4.78, 5) is 34.9. The van der Waals surface area contributed by atoms with Gasteiger partial charge in [0.25, 0.3) is 0 Å². The van der Waals surface area contributed by atoms with Crippen LogP contribution >= 0.6 is 0 Å². The number of amides is 1. The SMILES string of the molecule is CCCCCCCCCCCOC(=O)CCCCCN(C)C(=O)O.CCCCCCCCCCCOC(=O)CCCCCNC. The highest BCUT2D eigenvalue weighted by Crippen LogP contribution is 2.11. The van der Waals surface area contributed by atoms with Gasteiger partial charge < -0.3 is 24.8 Å². The van der Waals surface area contributed by atoms with Gasteiger partial charge >= 0.3 is 18.0 Å². The number of carbonyl (C=O) groups excluding carboxylic acids is 2. The molecule has 0 spiro atoms. The number of ether oxygens (including phenoxy) is 2.